The summed E-state index contributed by atoms with van der Waals surface area (Å²) in [5.74, 6) is 0.560. The maximum absolute atomic E-state index is 13.0. The Hall–Kier alpha value is -1.80. The molecule has 1 saturated carbocycles. The van der Waals surface area contributed by atoms with Gasteiger partial charge in [0, 0.05) is 5.54 Å². The highest BCUT2D eigenvalue weighted by atomic mass is 32.1. The topological polar surface area (TPSA) is 41.6 Å². The van der Waals surface area contributed by atoms with Crippen molar-refractivity contribution in [2.75, 3.05) is 19.7 Å². The number of alkyl halides is 3. The van der Waals surface area contributed by atoms with Crippen molar-refractivity contribution < 1.29 is 22.7 Å². The fourth-order valence-electron chi connectivity index (χ4n) is 4.95. The summed E-state index contributed by atoms with van der Waals surface area (Å²) >= 11 is 1.19. The minimum absolute atomic E-state index is 0.131. The molecule has 1 N–H and O–H groups in total. The fourth-order valence-corrected chi connectivity index (χ4v) is 5.98. The number of rotatable bonds is 4. The van der Waals surface area contributed by atoms with Gasteiger partial charge in [0.05, 0.1) is 15.6 Å². The van der Waals surface area contributed by atoms with Crippen LogP contribution in [0, 0.1) is 5.92 Å². The number of carbonyl (C=O) groups is 1. The lowest BCUT2D eigenvalue weighted by Gasteiger charge is -2.52. The molecule has 4 heterocycles. The zero-order valence-corrected chi connectivity index (χ0v) is 16.0. The number of hydrogen-bond donors (Lipinski definition) is 1. The molecule has 1 spiro atoms. The van der Waals surface area contributed by atoms with E-state index in [1.54, 1.807) is 18.2 Å². The van der Waals surface area contributed by atoms with Crippen molar-refractivity contribution in [1.82, 2.24) is 10.2 Å². The van der Waals surface area contributed by atoms with Gasteiger partial charge in [0.2, 0.25) is 0 Å². The first-order chi connectivity index (χ1) is 13.4. The van der Waals surface area contributed by atoms with Crippen LogP contribution in [-0.4, -0.2) is 48.3 Å². The zero-order valence-electron chi connectivity index (χ0n) is 15.2. The van der Waals surface area contributed by atoms with E-state index < -0.39 is 12.8 Å². The smallest absolute Gasteiger partial charge is 0.422 e. The van der Waals surface area contributed by atoms with E-state index in [1.165, 1.54) is 17.4 Å². The summed E-state index contributed by atoms with van der Waals surface area (Å²) in [5, 5.41) is 3.99. The van der Waals surface area contributed by atoms with Crippen LogP contribution in [0.3, 0.4) is 0 Å². The van der Waals surface area contributed by atoms with Crippen LogP contribution in [0.25, 0.3) is 10.1 Å². The summed E-state index contributed by atoms with van der Waals surface area (Å²) in [6.45, 7) is 0.910. The molecule has 3 saturated heterocycles. The van der Waals surface area contributed by atoms with Crippen molar-refractivity contribution in [2.45, 2.75) is 43.4 Å². The van der Waals surface area contributed by atoms with Crippen LogP contribution in [-0.2, 0) is 0 Å². The maximum atomic E-state index is 13.0. The van der Waals surface area contributed by atoms with Gasteiger partial charge in [-0.3, -0.25) is 9.69 Å². The molecule has 1 aliphatic carbocycles. The number of halogens is 3. The third-order valence-electron chi connectivity index (χ3n) is 6.39. The number of nitrogens with zero attached hydrogens (tertiary/aromatic N) is 1. The Morgan fingerprint density at radius 3 is 2.71 bits per heavy atom. The summed E-state index contributed by atoms with van der Waals surface area (Å²) in [4.78, 5) is 16.0. The second-order valence-electron chi connectivity index (χ2n) is 8.07. The number of benzene rings is 1. The Bertz CT molecular complexity index is 914. The van der Waals surface area contributed by atoms with Gasteiger partial charge in [0.25, 0.3) is 5.91 Å². The Kier molecular flexibility index (Phi) is 4.14. The number of nitrogens with one attached hydrogen (secondary N) is 1. The van der Waals surface area contributed by atoms with Gasteiger partial charge in [-0.25, -0.2) is 0 Å². The summed E-state index contributed by atoms with van der Waals surface area (Å²) in [6, 6.07) is 6.87. The molecule has 0 unspecified atom stereocenters. The van der Waals surface area contributed by atoms with E-state index in [2.05, 4.69) is 10.2 Å². The molecule has 8 heteroatoms. The second kappa shape index (κ2) is 6.35. The normalized spacial score (nSPS) is 27.9. The molecule has 28 heavy (non-hydrogen) atoms. The number of carbonyl (C=O) groups excluding carboxylic acids is 1. The van der Waals surface area contributed by atoms with E-state index in [1.807, 2.05) is 0 Å². The van der Waals surface area contributed by atoms with Gasteiger partial charge < -0.3 is 10.1 Å². The average Bonchev–Trinajstić information content (AvgIpc) is 3.31. The quantitative estimate of drug-likeness (QED) is 0.822. The molecular weight excluding hydrogens is 389 g/mol. The van der Waals surface area contributed by atoms with E-state index in [-0.39, 0.29) is 23.2 Å². The van der Waals surface area contributed by atoms with Crippen molar-refractivity contribution >= 4 is 27.3 Å². The van der Waals surface area contributed by atoms with Crippen molar-refractivity contribution in [1.29, 1.82) is 0 Å². The highest BCUT2D eigenvalue weighted by Crippen LogP contribution is 2.53. The van der Waals surface area contributed by atoms with E-state index in [4.69, 9.17) is 4.74 Å². The molecule has 150 valence electrons. The number of fused-ring (bicyclic) bond motifs is 3. The first kappa shape index (κ1) is 18.2. The molecule has 4 fully saturated rings. The van der Waals surface area contributed by atoms with Gasteiger partial charge in [-0.1, -0.05) is 12.1 Å². The van der Waals surface area contributed by atoms with Crippen LogP contribution in [0.2, 0.25) is 0 Å². The number of thiophene rings is 1. The summed E-state index contributed by atoms with van der Waals surface area (Å²) in [6.07, 6.45) is 0.115. The molecule has 1 atom stereocenters. The van der Waals surface area contributed by atoms with E-state index in [0.717, 1.165) is 44.2 Å². The fraction of sp³-hybridized carbons (Fsp3) is 0.550. The van der Waals surface area contributed by atoms with E-state index in [9.17, 15) is 18.0 Å². The third kappa shape index (κ3) is 3.06. The molecule has 2 bridgehead atoms. The molecule has 4 aliphatic rings. The van der Waals surface area contributed by atoms with Crippen LogP contribution in [0.1, 0.15) is 35.4 Å². The number of amides is 1. The molecule has 1 amide bonds. The molecule has 3 aliphatic heterocycles. The van der Waals surface area contributed by atoms with Crippen LogP contribution in [0.5, 0.6) is 5.75 Å². The SMILES string of the molecule is O=C(N[C@H]1C2CCN(CC2)C12CC2)c1cc2cccc(OCC(F)(F)F)c2s1. The van der Waals surface area contributed by atoms with E-state index in [0.29, 0.717) is 15.5 Å². The standard InChI is InChI=1S/C20H21F3N2O2S/c21-20(22,23)11-27-14-3-1-2-13-10-15(28-16(13)14)18(26)24-17-12-4-8-25(9-5-12)19(17)6-7-19/h1-3,10,12,17H,4-9,11H2,(H,24,26)/t17-/m0/s1. The van der Waals surface area contributed by atoms with Crippen molar-refractivity contribution in [3.05, 3.63) is 29.1 Å². The first-order valence-corrected chi connectivity index (χ1v) is 10.5. The number of ether oxygens (including phenoxy) is 1. The highest BCUT2D eigenvalue weighted by molar-refractivity contribution is 7.21. The van der Waals surface area contributed by atoms with Crippen LogP contribution < -0.4 is 10.1 Å². The third-order valence-corrected chi connectivity index (χ3v) is 7.56. The second-order valence-corrected chi connectivity index (χ2v) is 9.12. The molecular formula is C20H21F3N2O2S. The lowest BCUT2D eigenvalue weighted by molar-refractivity contribution is -0.153. The van der Waals surface area contributed by atoms with Gasteiger partial charge in [-0.15, -0.1) is 11.3 Å². The average molecular weight is 410 g/mol. The minimum atomic E-state index is -4.39. The lowest BCUT2D eigenvalue weighted by atomic mass is 9.77. The maximum Gasteiger partial charge on any atom is 0.422 e. The van der Waals surface area contributed by atoms with Crippen LogP contribution >= 0.6 is 11.3 Å². The molecule has 0 radical (unpaired) electrons. The van der Waals surface area contributed by atoms with Gasteiger partial charge in [-0.2, -0.15) is 13.2 Å². The van der Waals surface area contributed by atoms with Crippen molar-refractivity contribution in [3.8, 4) is 5.75 Å². The first-order valence-electron chi connectivity index (χ1n) is 9.64. The summed E-state index contributed by atoms with van der Waals surface area (Å²) < 4.78 is 43.0. The lowest BCUT2D eigenvalue weighted by Crippen LogP contribution is -2.65. The molecule has 1 aromatic heterocycles. The predicted molar refractivity (Wildman–Crippen MR) is 101 cm³/mol. The van der Waals surface area contributed by atoms with Crippen LogP contribution in [0.4, 0.5) is 13.2 Å². The van der Waals surface area contributed by atoms with Gasteiger partial charge in [0.15, 0.2) is 6.61 Å². The van der Waals surface area contributed by atoms with E-state index >= 15 is 0 Å². The predicted octanol–water partition coefficient (Wildman–Crippen LogP) is 4.20. The summed E-state index contributed by atoms with van der Waals surface area (Å²) in [5.41, 5.74) is 0.147. The monoisotopic (exact) mass is 410 g/mol. The highest BCUT2D eigenvalue weighted by Gasteiger charge is 2.60. The van der Waals surface area contributed by atoms with Gasteiger partial charge >= 0.3 is 6.18 Å². The molecule has 6 rings (SSSR count). The Morgan fingerprint density at radius 1 is 1.29 bits per heavy atom. The van der Waals surface area contributed by atoms with Crippen molar-refractivity contribution in [2.24, 2.45) is 5.92 Å². The Labute approximate surface area is 164 Å². The summed E-state index contributed by atoms with van der Waals surface area (Å²) in [7, 11) is 0. The molecule has 4 nitrogen and oxygen atoms in total. The molecule has 2 aromatic rings. The Morgan fingerprint density at radius 2 is 2.04 bits per heavy atom. The number of hydrogen-bond acceptors (Lipinski definition) is 4. The van der Waals surface area contributed by atoms with Crippen molar-refractivity contribution in [3.63, 3.8) is 0 Å². The van der Waals surface area contributed by atoms with Gasteiger partial charge in [0.1, 0.15) is 5.75 Å². The minimum Gasteiger partial charge on any atom is -0.483 e. The van der Waals surface area contributed by atoms with Crippen LogP contribution in [0.15, 0.2) is 24.3 Å². The van der Waals surface area contributed by atoms with Gasteiger partial charge in [-0.05, 0) is 62.2 Å². The molecule has 1 aromatic carbocycles. The Balaban J connectivity index is 1.37. The number of piperidine rings is 3. The largest absolute Gasteiger partial charge is 0.483 e. The zero-order chi connectivity index (χ0) is 19.5.